The summed E-state index contributed by atoms with van der Waals surface area (Å²) in [6.07, 6.45) is 0. The van der Waals surface area contributed by atoms with Gasteiger partial charge in [-0.25, -0.2) is 0 Å². The largest absolute Gasteiger partial charge is 0.295 e. The van der Waals surface area contributed by atoms with E-state index in [1.165, 1.54) is 12.1 Å². The van der Waals surface area contributed by atoms with E-state index in [1.54, 1.807) is 13.0 Å². The van der Waals surface area contributed by atoms with E-state index in [4.69, 9.17) is 4.84 Å². The first-order valence-electron chi connectivity index (χ1n) is 5.12. The van der Waals surface area contributed by atoms with E-state index in [0.717, 1.165) is 0 Å². The lowest BCUT2D eigenvalue weighted by Crippen LogP contribution is -2.03. The third kappa shape index (κ3) is 2.40. The molecule has 1 aromatic carbocycles. The van der Waals surface area contributed by atoms with Crippen molar-refractivity contribution in [2.45, 2.75) is 6.92 Å². The summed E-state index contributed by atoms with van der Waals surface area (Å²) in [6.45, 7) is 2.16. The van der Waals surface area contributed by atoms with Crippen molar-refractivity contribution in [2.75, 3.05) is 12.1 Å². The predicted octanol–water partition coefficient (Wildman–Crippen LogP) is 1.14. The first-order valence-corrected chi connectivity index (χ1v) is 5.12. The lowest BCUT2D eigenvalue weighted by molar-refractivity contribution is -0.384. The Hall–Kier alpha value is -2.55. The van der Waals surface area contributed by atoms with Gasteiger partial charge in [0.15, 0.2) is 0 Å². The van der Waals surface area contributed by atoms with Crippen LogP contribution in [0.25, 0.3) is 11.4 Å². The van der Waals surface area contributed by atoms with E-state index in [0.29, 0.717) is 18.0 Å². The predicted molar refractivity (Wildman–Crippen MR) is 61.5 cm³/mol. The molecule has 9 heteroatoms. The minimum Gasteiger partial charge on any atom is -0.276 e. The van der Waals surface area contributed by atoms with E-state index in [2.05, 4.69) is 26.1 Å². The zero-order valence-corrected chi connectivity index (χ0v) is 9.45. The normalized spacial score (nSPS) is 10.3. The molecule has 0 fully saturated rings. The van der Waals surface area contributed by atoms with Crippen LogP contribution >= 0.6 is 0 Å². The summed E-state index contributed by atoms with van der Waals surface area (Å²) in [5.74, 6) is 0.293. The quantitative estimate of drug-likeness (QED) is 0.603. The van der Waals surface area contributed by atoms with Gasteiger partial charge >= 0.3 is 0 Å². The molecular weight excluding hydrogens is 240 g/mol. The molecule has 0 aliphatic rings. The van der Waals surface area contributed by atoms with E-state index in [9.17, 15) is 10.1 Å². The van der Waals surface area contributed by atoms with Gasteiger partial charge in [-0.2, -0.15) is 5.21 Å². The molecule has 0 spiro atoms. The molecular formula is C9H10N6O3. The average molecular weight is 250 g/mol. The number of H-pyrrole nitrogens is 1. The van der Waals surface area contributed by atoms with E-state index < -0.39 is 4.92 Å². The maximum Gasteiger partial charge on any atom is 0.295 e. The first kappa shape index (κ1) is 11.9. The van der Waals surface area contributed by atoms with Crippen LogP contribution < -0.4 is 5.48 Å². The van der Waals surface area contributed by atoms with Crippen molar-refractivity contribution in [3.63, 3.8) is 0 Å². The van der Waals surface area contributed by atoms with Gasteiger partial charge in [0.1, 0.15) is 5.69 Å². The van der Waals surface area contributed by atoms with Crippen molar-refractivity contribution in [2.24, 2.45) is 0 Å². The molecule has 0 unspecified atom stereocenters. The molecule has 1 heterocycles. The number of nitro benzene ring substituents is 1. The number of aromatic amines is 1. The lowest BCUT2D eigenvalue weighted by Gasteiger charge is -2.06. The Labute approximate surface area is 101 Å². The maximum absolute atomic E-state index is 11.0. The average Bonchev–Trinajstić information content (AvgIpc) is 2.90. The monoisotopic (exact) mass is 250 g/mol. The molecule has 2 N–H and O–H groups in total. The highest BCUT2D eigenvalue weighted by Gasteiger charge is 2.16. The molecule has 0 aliphatic carbocycles. The van der Waals surface area contributed by atoms with Crippen molar-refractivity contribution in [1.82, 2.24) is 20.6 Å². The number of hydrogen-bond acceptors (Lipinski definition) is 7. The highest BCUT2D eigenvalue weighted by Crippen LogP contribution is 2.28. The van der Waals surface area contributed by atoms with E-state index in [-0.39, 0.29) is 11.4 Å². The summed E-state index contributed by atoms with van der Waals surface area (Å²) < 4.78 is 0. The van der Waals surface area contributed by atoms with Crippen LogP contribution in [0, 0.1) is 10.1 Å². The summed E-state index contributed by atoms with van der Waals surface area (Å²) >= 11 is 0. The molecule has 18 heavy (non-hydrogen) atoms. The molecule has 0 aliphatic heterocycles. The zero-order chi connectivity index (χ0) is 13.0. The van der Waals surface area contributed by atoms with Crippen molar-refractivity contribution in [1.29, 1.82) is 0 Å². The Morgan fingerprint density at radius 3 is 3.00 bits per heavy atom. The molecule has 0 atom stereocenters. The summed E-state index contributed by atoms with van der Waals surface area (Å²) in [6, 6.07) is 4.52. The number of nitrogens with zero attached hydrogens (tertiary/aromatic N) is 4. The molecule has 2 aromatic rings. The molecule has 0 saturated heterocycles. The molecule has 94 valence electrons. The third-order valence-corrected chi connectivity index (χ3v) is 2.12. The lowest BCUT2D eigenvalue weighted by atomic mass is 10.1. The van der Waals surface area contributed by atoms with Gasteiger partial charge in [-0.3, -0.25) is 20.4 Å². The van der Waals surface area contributed by atoms with Crippen LogP contribution in [0.3, 0.4) is 0 Å². The number of aromatic nitrogens is 4. The zero-order valence-electron chi connectivity index (χ0n) is 9.45. The van der Waals surface area contributed by atoms with Gasteiger partial charge in [-0.15, -0.1) is 10.2 Å². The van der Waals surface area contributed by atoms with E-state index in [1.807, 2.05) is 0 Å². The van der Waals surface area contributed by atoms with Gasteiger partial charge in [-0.1, -0.05) is 0 Å². The summed E-state index contributed by atoms with van der Waals surface area (Å²) in [5, 5.41) is 24.2. The second kappa shape index (κ2) is 5.19. The molecule has 9 nitrogen and oxygen atoms in total. The van der Waals surface area contributed by atoms with Crippen LogP contribution in [0.5, 0.6) is 0 Å². The molecule has 0 bridgehead atoms. The topological polar surface area (TPSA) is 119 Å². The van der Waals surface area contributed by atoms with Crippen LogP contribution in [0.15, 0.2) is 18.2 Å². The number of anilines is 1. The minimum atomic E-state index is -0.509. The van der Waals surface area contributed by atoms with Gasteiger partial charge in [0.05, 0.1) is 11.5 Å². The summed E-state index contributed by atoms with van der Waals surface area (Å²) in [5.41, 5.74) is 3.16. The second-order valence-electron chi connectivity index (χ2n) is 3.26. The molecule has 1 aromatic heterocycles. The van der Waals surface area contributed by atoms with Crippen LogP contribution in [0.1, 0.15) is 6.92 Å². The first-order chi connectivity index (χ1) is 8.72. The highest BCUT2D eigenvalue weighted by atomic mass is 16.6. The number of hydrogen-bond donors (Lipinski definition) is 2. The highest BCUT2D eigenvalue weighted by molar-refractivity contribution is 5.69. The smallest absolute Gasteiger partial charge is 0.276 e. The van der Waals surface area contributed by atoms with Crippen LogP contribution in [-0.2, 0) is 4.84 Å². The second-order valence-corrected chi connectivity index (χ2v) is 3.26. The van der Waals surface area contributed by atoms with Gasteiger partial charge in [0, 0.05) is 11.6 Å². The summed E-state index contributed by atoms with van der Waals surface area (Å²) in [7, 11) is 0. The fourth-order valence-electron chi connectivity index (χ4n) is 1.34. The van der Waals surface area contributed by atoms with Gasteiger partial charge in [0.25, 0.3) is 5.69 Å². The van der Waals surface area contributed by atoms with Gasteiger partial charge in [-0.05, 0) is 24.3 Å². The van der Waals surface area contributed by atoms with Crippen molar-refractivity contribution < 1.29 is 9.76 Å². The third-order valence-electron chi connectivity index (χ3n) is 2.12. The van der Waals surface area contributed by atoms with Gasteiger partial charge in [0.2, 0.25) is 5.82 Å². The minimum absolute atomic E-state index is 0.120. The number of tetrazole rings is 1. The number of nitrogens with one attached hydrogen (secondary N) is 2. The Morgan fingerprint density at radius 1 is 1.56 bits per heavy atom. The van der Waals surface area contributed by atoms with Crippen molar-refractivity contribution >= 4 is 11.4 Å². The molecule has 2 rings (SSSR count). The van der Waals surface area contributed by atoms with E-state index >= 15 is 0 Å². The Balaban J connectivity index is 2.37. The Morgan fingerprint density at radius 2 is 2.39 bits per heavy atom. The van der Waals surface area contributed by atoms with Gasteiger partial charge < -0.3 is 0 Å². The Bertz CT molecular complexity index is 541. The van der Waals surface area contributed by atoms with Crippen LogP contribution in [0.4, 0.5) is 11.4 Å². The Kier molecular flexibility index (Phi) is 3.44. The maximum atomic E-state index is 11.0. The standard InChI is InChI=1S/C9H10N6O3/c1-2-18-12-7-4-3-6(5-8(7)15(16)17)9-10-13-14-11-9/h3-5,12H,2H2,1H3,(H,10,11,13,14). The molecule has 0 radical (unpaired) electrons. The van der Waals surface area contributed by atoms with Crippen molar-refractivity contribution in [3.05, 3.63) is 28.3 Å². The molecule has 0 amide bonds. The number of rotatable bonds is 5. The number of nitro groups is 1. The van der Waals surface area contributed by atoms with Crippen LogP contribution in [-0.4, -0.2) is 32.2 Å². The molecule has 0 saturated carbocycles. The number of benzene rings is 1. The summed E-state index contributed by atoms with van der Waals surface area (Å²) in [4.78, 5) is 15.4. The van der Waals surface area contributed by atoms with Crippen LogP contribution in [0.2, 0.25) is 0 Å². The SMILES string of the molecule is CCONc1ccc(-c2nn[nH]n2)cc1[N+](=O)[O-]. The fraction of sp³-hybridized carbons (Fsp3) is 0.222. The fourth-order valence-corrected chi connectivity index (χ4v) is 1.34. The van der Waals surface area contributed by atoms with Crippen molar-refractivity contribution in [3.8, 4) is 11.4 Å².